The number of primary amides is 1. The van der Waals surface area contributed by atoms with Crippen molar-refractivity contribution in [1.82, 2.24) is 14.8 Å². The third kappa shape index (κ3) is 4.38. The van der Waals surface area contributed by atoms with Crippen molar-refractivity contribution < 1.29 is 14.0 Å². The minimum absolute atomic E-state index is 0.221. The molecule has 0 aliphatic heterocycles. The van der Waals surface area contributed by atoms with Gasteiger partial charge in [0.05, 0.1) is 23.6 Å². The Balaban J connectivity index is 1.38. The zero-order chi connectivity index (χ0) is 23.7. The van der Waals surface area contributed by atoms with Crippen LogP contribution in [0.2, 0.25) is 0 Å². The lowest BCUT2D eigenvalue weighted by Gasteiger charge is -2.13. The van der Waals surface area contributed by atoms with Gasteiger partial charge >= 0.3 is 0 Å². The molecule has 1 aromatic carbocycles. The van der Waals surface area contributed by atoms with Crippen molar-refractivity contribution in [3.05, 3.63) is 70.5 Å². The van der Waals surface area contributed by atoms with Gasteiger partial charge in [0, 0.05) is 10.4 Å². The molecule has 0 spiro atoms. The van der Waals surface area contributed by atoms with E-state index in [0.29, 0.717) is 28.1 Å². The molecule has 1 aliphatic rings. The molecule has 174 valence electrons. The normalized spacial score (nSPS) is 13.6. The summed E-state index contributed by atoms with van der Waals surface area (Å²) in [6.07, 6.45) is 4.37. The summed E-state index contributed by atoms with van der Waals surface area (Å²) in [5, 5.41) is 12.3. The van der Waals surface area contributed by atoms with Gasteiger partial charge in [0.1, 0.15) is 10.8 Å². The third-order valence-electron chi connectivity index (χ3n) is 5.70. The maximum atomic E-state index is 13.1. The number of carbonyl (C=O) groups is 2. The number of thiophene rings is 1. The van der Waals surface area contributed by atoms with Gasteiger partial charge in [-0.05, 0) is 43.9 Å². The van der Waals surface area contributed by atoms with Crippen LogP contribution in [0.1, 0.15) is 39.9 Å². The molecule has 0 radical (unpaired) electrons. The van der Waals surface area contributed by atoms with E-state index < -0.39 is 11.2 Å². The molecule has 0 saturated heterocycles. The number of carbonyl (C=O) groups excluding carboxylic acids is 2. The van der Waals surface area contributed by atoms with Gasteiger partial charge in [-0.2, -0.15) is 0 Å². The lowest BCUT2D eigenvalue weighted by molar-refractivity contribution is -0.115. The first-order valence-corrected chi connectivity index (χ1v) is 12.6. The maximum absolute atomic E-state index is 13.1. The number of hydrogen-bond acceptors (Lipinski definition) is 7. The number of nitrogens with zero attached hydrogens (tertiary/aromatic N) is 3. The molecule has 0 saturated carbocycles. The molecule has 0 bridgehead atoms. The Morgan fingerprint density at radius 3 is 2.76 bits per heavy atom. The van der Waals surface area contributed by atoms with E-state index >= 15 is 0 Å². The Kier molecular flexibility index (Phi) is 6.25. The lowest BCUT2D eigenvalue weighted by Crippen LogP contribution is -2.24. The van der Waals surface area contributed by atoms with E-state index in [-0.39, 0.29) is 5.91 Å². The van der Waals surface area contributed by atoms with E-state index in [0.717, 1.165) is 41.0 Å². The first-order chi connectivity index (χ1) is 16.5. The maximum Gasteiger partial charge on any atom is 0.251 e. The van der Waals surface area contributed by atoms with E-state index in [1.54, 1.807) is 13.2 Å². The number of nitrogens with two attached hydrogens (primary N) is 1. The second-order valence-corrected chi connectivity index (χ2v) is 10.4. The fraction of sp³-hybridized carbons (Fsp3) is 0.250. The number of anilines is 1. The zero-order valence-electron chi connectivity index (χ0n) is 18.5. The van der Waals surface area contributed by atoms with Crippen molar-refractivity contribution in [2.75, 3.05) is 5.32 Å². The molecule has 10 heteroatoms. The molecule has 3 aromatic heterocycles. The van der Waals surface area contributed by atoms with E-state index in [9.17, 15) is 9.59 Å². The molecule has 3 N–H and O–H groups in total. The van der Waals surface area contributed by atoms with Crippen molar-refractivity contribution in [2.24, 2.45) is 5.73 Å². The number of aryl methyl sites for hydroxylation is 1. The quantitative estimate of drug-likeness (QED) is 0.353. The largest absolute Gasteiger partial charge is 0.467 e. The minimum Gasteiger partial charge on any atom is -0.467 e. The summed E-state index contributed by atoms with van der Waals surface area (Å²) >= 11 is 2.75. The van der Waals surface area contributed by atoms with Gasteiger partial charge in [0.25, 0.3) is 5.91 Å². The van der Waals surface area contributed by atoms with Crippen LogP contribution in [0, 0.1) is 0 Å². The highest BCUT2D eigenvalue weighted by molar-refractivity contribution is 8.00. The fourth-order valence-corrected chi connectivity index (χ4v) is 6.20. The van der Waals surface area contributed by atoms with Crippen molar-refractivity contribution in [3.63, 3.8) is 0 Å². The molecule has 8 nitrogen and oxygen atoms in total. The van der Waals surface area contributed by atoms with Gasteiger partial charge in [-0.15, -0.1) is 21.5 Å². The van der Waals surface area contributed by atoms with Gasteiger partial charge in [0.2, 0.25) is 5.91 Å². The number of aromatic nitrogens is 3. The van der Waals surface area contributed by atoms with E-state index in [4.69, 9.17) is 10.2 Å². The molecule has 5 rings (SSSR count). The summed E-state index contributed by atoms with van der Waals surface area (Å²) in [7, 11) is 0. The van der Waals surface area contributed by atoms with Gasteiger partial charge in [0.15, 0.2) is 11.0 Å². The number of furan rings is 1. The number of hydrogen-bond donors (Lipinski definition) is 2. The molecular formula is C24H23N5O3S2. The first kappa shape index (κ1) is 22.4. The Bertz CT molecular complexity index is 1330. The summed E-state index contributed by atoms with van der Waals surface area (Å²) in [5.74, 6) is 0.731. The molecule has 0 fully saturated rings. The smallest absolute Gasteiger partial charge is 0.251 e. The number of benzene rings is 1. The average Bonchev–Trinajstić information content (AvgIpc) is 3.60. The van der Waals surface area contributed by atoms with Crippen LogP contribution in [0.15, 0.2) is 58.3 Å². The van der Waals surface area contributed by atoms with Crippen molar-refractivity contribution in [1.29, 1.82) is 0 Å². The van der Waals surface area contributed by atoms with Gasteiger partial charge < -0.3 is 15.5 Å². The van der Waals surface area contributed by atoms with Gasteiger partial charge in [-0.3, -0.25) is 14.2 Å². The molecule has 1 unspecified atom stereocenters. The minimum atomic E-state index is -0.499. The molecule has 2 amide bonds. The first-order valence-electron chi connectivity index (χ1n) is 10.9. The fourth-order valence-electron chi connectivity index (χ4n) is 4.06. The monoisotopic (exact) mass is 493 g/mol. The number of rotatable bonds is 8. The Labute approximate surface area is 204 Å². The standard InChI is InChI=1S/C24H23N5O3S2/c1-14(22(31)26-23-19(20(25)30)17-10-5-11-18(17)34-23)33-24-28-27-21(15-7-3-2-4-8-15)29(24)13-16-9-6-12-32-16/h2-4,6-9,12,14H,5,10-11,13H2,1H3,(H2,25,30)(H,26,31). The predicted molar refractivity (Wildman–Crippen MR) is 132 cm³/mol. The Hall–Kier alpha value is -3.37. The van der Waals surface area contributed by atoms with Crippen molar-refractivity contribution in [2.45, 2.75) is 43.1 Å². The van der Waals surface area contributed by atoms with E-state index in [1.165, 1.54) is 23.1 Å². The second-order valence-electron chi connectivity index (χ2n) is 8.01. The molecule has 34 heavy (non-hydrogen) atoms. The SMILES string of the molecule is CC(Sc1nnc(-c2ccccc2)n1Cc1ccco1)C(=O)Nc1sc2c(c1C(N)=O)CCC2. The molecular weight excluding hydrogens is 470 g/mol. The summed E-state index contributed by atoms with van der Waals surface area (Å²) in [5.41, 5.74) is 7.99. The molecule has 3 heterocycles. The summed E-state index contributed by atoms with van der Waals surface area (Å²) in [6.45, 7) is 2.24. The van der Waals surface area contributed by atoms with Gasteiger partial charge in [-0.25, -0.2) is 0 Å². The highest BCUT2D eigenvalue weighted by Crippen LogP contribution is 2.39. The molecule has 1 atom stereocenters. The number of amides is 2. The predicted octanol–water partition coefficient (Wildman–Crippen LogP) is 4.35. The van der Waals surface area contributed by atoms with Crippen LogP contribution >= 0.6 is 23.1 Å². The number of thioether (sulfide) groups is 1. The lowest BCUT2D eigenvalue weighted by atomic mass is 10.1. The highest BCUT2D eigenvalue weighted by Gasteiger charge is 2.28. The van der Waals surface area contributed by atoms with Crippen LogP contribution in [0.3, 0.4) is 0 Å². The molecule has 4 aromatic rings. The highest BCUT2D eigenvalue weighted by atomic mass is 32.2. The van der Waals surface area contributed by atoms with Crippen molar-refractivity contribution >= 4 is 39.9 Å². The zero-order valence-corrected chi connectivity index (χ0v) is 20.1. The van der Waals surface area contributed by atoms with Crippen LogP contribution in [0.5, 0.6) is 0 Å². The van der Waals surface area contributed by atoms with E-state index in [2.05, 4.69) is 15.5 Å². The van der Waals surface area contributed by atoms with Crippen LogP contribution in [-0.4, -0.2) is 31.8 Å². The summed E-state index contributed by atoms with van der Waals surface area (Å²) < 4.78 is 7.48. The van der Waals surface area contributed by atoms with Crippen LogP contribution < -0.4 is 11.1 Å². The Morgan fingerprint density at radius 2 is 2.03 bits per heavy atom. The number of fused-ring (bicyclic) bond motifs is 1. The number of nitrogens with one attached hydrogen (secondary N) is 1. The van der Waals surface area contributed by atoms with Crippen LogP contribution in [0.25, 0.3) is 11.4 Å². The third-order valence-corrected chi connectivity index (χ3v) is 7.99. The Morgan fingerprint density at radius 1 is 1.21 bits per heavy atom. The van der Waals surface area contributed by atoms with Crippen LogP contribution in [-0.2, 0) is 24.2 Å². The van der Waals surface area contributed by atoms with Crippen LogP contribution in [0.4, 0.5) is 5.00 Å². The van der Waals surface area contributed by atoms with E-state index in [1.807, 2.05) is 47.0 Å². The average molecular weight is 494 g/mol. The second kappa shape index (κ2) is 9.47. The van der Waals surface area contributed by atoms with Gasteiger partial charge in [-0.1, -0.05) is 42.1 Å². The summed E-state index contributed by atoms with van der Waals surface area (Å²) in [4.78, 5) is 26.3. The topological polar surface area (TPSA) is 116 Å². The van der Waals surface area contributed by atoms with Crippen molar-refractivity contribution in [3.8, 4) is 11.4 Å². The molecule has 1 aliphatic carbocycles. The summed E-state index contributed by atoms with van der Waals surface area (Å²) in [6, 6.07) is 13.5.